The minimum Gasteiger partial charge on any atom is -0.231 e. The quantitative estimate of drug-likeness (QED) is 0.613. The van der Waals surface area contributed by atoms with Crippen LogP contribution >= 0.6 is 0 Å². The predicted molar refractivity (Wildman–Crippen MR) is 51.7 cm³/mol. The first-order chi connectivity index (χ1) is 6.07. The summed E-state index contributed by atoms with van der Waals surface area (Å²) in [5.74, 6) is 0. The molecule has 0 N–H and O–H groups in total. The average molecular weight is 175 g/mol. The van der Waals surface area contributed by atoms with Crippen LogP contribution in [0.2, 0.25) is 0 Å². The summed E-state index contributed by atoms with van der Waals surface area (Å²) in [6.45, 7) is 6.41. The number of fused-ring (bicyclic) bond motifs is 1. The van der Waals surface area contributed by atoms with E-state index in [1.165, 1.54) is 0 Å². The van der Waals surface area contributed by atoms with E-state index < -0.39 is 0 Å². The first-order valence-corrected chi connectivity index (χ1v) is 4.38. The second-order valence-electron chi connectivity index (χ2n) is 4.20. The van der Waals surface area contributed by atoms with Gasteiger partial charge in [-0.05, 0) is 12.1 Å². The number of aromatic nitrogens is 3. The molecule has 3 nitrogen and oxygen atoms in total. The standard InChI is InChI=1S/C10H13N3/c1-10(2,3)8-7-11-13-6-4-5-9(13)12-8/h4-7H,1-3H3. The smallest absolute Gasteiger partial charge is 0.153 e. The van der Waals surface area contributed by atoms with Crippen molar-refractivity contribution >= 4 is 5.65 Å². The maximum atomic E-state index is 4.51. The normalized spacial score (nSPS) is 12.2. The van der Waals surface area contributed by atoms with Crippen molar-refractivity contribution < 1.29 is 0 Å². The summed E-state index contributed by atoms with van der Waals surface area (Å²) in [5.41, 5.74) is 2.00. The molecule has 13 heavy (non-hydrogen) atoms. The predicted octanol–water partition coefficient (Wildman–Crippen LogP) is 2.03. The maximum absolute atomic E-state index is 4.51. The Morgan fingerprint density at radius 3 is 2.77 bits per heavy atom. The van der Waals surface area contributed by atoms with E-state index >= 15 is 0 Å². The first kappa shape index (κ1) is 8.23. The number of nitrogens with zero attached hydrogens (tertiary/aromatic N) is 3. The van der Waals surface area contributed by atoms with Crippen LogP contribution in [-0.4, -0.2) is 14.6 Å². The topological polar surface area (TPSA) is 30.2 Å². The molecule has 2 heterocycles. The molecule has 0 amide bonds. The lowest BCUT2D eigenvalue weighted by molar-refractivity contribution is 0.562. The summed E-state index contributed by atoms with van der Waals surface area (Å²) in [6.07, 6.45) is 3.72. The molecule has 0 saturated heterocycles. The minimum absolute atomic E-state index is 0.0685. The fourth-order valence-corrected chi connectivity index (χ4v) is 1.18. The third-order valence-corrected chi connectivity index (χ3v) is 2.02. The molecular formula is C10H13N3. The average Bonchev–Trinajstić information content (AvgIpc) is 2.47. The molecule has 2 rings (SSSR count). The van der Waals surface area contributed by atoms with Gasteiger partial charge in [-0.3, -0.25) is 0 Å². The summed E-state index contributed by atoms with van der Waals surface area (Å²) < 4.78 is 1.77. The molecule has 0 aliphatic heterocycles. The molecule has 0 aromatic carbocycles. The highest BCUT2D eigenvalue weighted by Crippen LogP contribution is 2.19. The van der Waals surface area contributed by atoms with E-state index in [1.54, 1.807) is 4.52 Å². The van der Waals surface area contributed by atoms with Crippen LogP contribution in [0.25, 0.3) is 5.65 Å². The Labute approximate surface area is 77.4 Å². The van der Waals surface area contributed by atoms with Crippen molar-refractivity contribution in [2.45, 2.75) is 26.2 Å². The van der Waals surface area contributed by atoms with Crippen LogP contribution in [0.3, 0.4) is 0 Å². The molecule has 68 valence electrons. The summed E-state index contributed by atoms with van der Waals surface area (Å²) >= 11 is 0. The van der Waals surface area contributed by atoms with Crippen molar-refractivity contribution in [3.63, 3.8) is 0 Å². The fraction of sp³-hybridized carbons (Fsp3) is 0.400. The molecule has 3 heteroatoms. The van der Waals surface area contributed by atoms with E-state index in [0.29, 0.717) is 0 Å². The van der Waals surface area contributed by atoms with Crippen molar-refractivity contribution in [3.05, 3.63) is 30.2 Å². The van der Waals surface area contributed by atoms with Gasteiger partial charge in [0.05, 0.1) is 11.9 Å². The van der Waals surface area contributed by atoms with Gasteiger partial charge in [-0.1, -0.05) is 20.8 Å². The molecule has 0 spiro atoms. The van der Waals surface area contributed by atoms with E-state index in [2.05, 4.69) is 30.9 Å². The lowest BCUT2D eigenvalue weighted by atomic mass is 9.93. The van der Waals surface area contributed by atoms with Crippen molar-refractivity contribution in [3.8, 4) is 0 Å². The van der Waals surface area contributed by atoms with Crippen molar-refractivity contribution in [2.24, 2.45) is 0 Å². The minimum atomic E-state index is 0.0685. The second kappa shape index (κ2) is 2.55. The Bertz CT molecular complexity index is 423. The highest BCUT2D eigenvalue weighted by Gasteiger charge is 2.15. The molecule has 0 atom stereocenters. The van der Waals surface area contributed by atoms with Crippen LogP contribution in [-0.2, 0) is 5.41 Å². The number of hydrogen-bond donors (Lipinski definition) is 0. The van der Waals surface area contributed by atoms with Gasteiger partial charge in [-0.15, -0.1) is 0 Å². The molecule has 0 aliphatic carbocycles. The van der Waals surface area contributed by atoms with E-state index in [4.69, 9.17) is 0 Å². The van der Waals surface area contributed by atoms with Crippen LogP contribution in [0.4, 0.5) is 0 Å². The number of rotatable bonds is 0. The molecule has 0 unspecified atom stereocenters. The lowest BCUT2D eigenvalue weighted by Gasteiger charge is -2.16. The maximum Gasteiger partial charge on any atom is 0.153 e. The molecule has 0 bridgehead atoms. The van der Waals surface area contributed by atoms with Gasteiger partial charge in [-0.2, -0.15) is 5.10 Å². The first-order valence-electron chi connectivity index (χ1n) is 4.38. The zero-order valence-electron chi connectivity index (χ0n) is 8.15. The lowest BCUT2D eigenvalue weighted by Crippen LogP contribution is -2.14. The highest BCUT2D eigenvalue weighted by molar-refractivity contribution is 5.37. The Hall–Kier alpha value is -1.38. The third-order valence-electron chi connectivity index (χ3n) is 2.02. The zero-order chi connectivity index (χ0) is 9.47. The molecule has 0 aliphatic rings. The van der Waals surface area contributed by atoms with Gasteiger partial charge >= 0.3 is 0 Å². The van der Waals surface area contributed by atoms with Crippen molar-refractivity contribution in [2.75, 3.05) is 0 Å². The summed E-state index contributed by atoms with van der Waals surface area (Å²) in [7, 11) is 0. The molecular weight excluding hydrogens is 162 g/mol. The zero-order valence-corrected chi connectivity index (χ0v) is 8.15. The van der Waals surface area contributed by atoms with E-state index in [0.717, 1.165) is 11.3 Å². The monoisotopic (exact) mass is 175 g/mol. The SMILES string of the molecule is CC(C)(C)c1cnn2cccc2n1. The Balaban J connectivity index is 2.61. The van der Waals surface area contributed by atoms with E-state index in [1.807, 2.05) is 24.5 Å². The van der Waals surface area contributed by atoms with E-state index in [9.17, 15) is 0 Å². The Morgan fingerprint density at radius 1 is 1.31 bits per heavy atom. The van der Waals surface area contributed by atoms with Gasteiger partial charge in [0.15, 0.2) is 5.65 Å². The largest absolute Gasteiger partial charge is 0.231 e. The van der Waals surface area contributed by atoms with Crippen LogP contribution in [0.5, 0.6) is 0 Å². The van der Waals surface area contributed by atoms with Crippen LogP contribution in [0.15, 0.2) is 24.5 Å². The van der Waals surface area contributed by atoms with Gasteiger partial charge < -0.3 is 0 Å². The summed E-state index contributed by atoms with van der Waals surface area (Å²) in [6, 6.07) is 3.91. The summed E-state index contributed by atoms with van der Waals surface area (Å²) in [4.78, 5) is 4.51. The number of hydrogen-bond acceptors (Lipinski definition) is 2. The highest BCUT2D eigenvalue weighted by atomic mass is 15.2. The van der Waals surface area contributed by atoms with Gasteiger partial charge in [0.2, 0.25) is 0 Å². The Kier molecular flexibility index (Phi) is 1.62. The van der Waals surface area contributed by atoms with Crippen LogP contribution in [0.1, 0.15) is 26.5 Å². The third kappa shape index (κ3) is 1.41. The van der Waals surface area contributed by atoms with Crippen LogP contribution < -0.4 is 0 Å². The molecule has 0 radical (unpaired) electrons. The summed E-state index contributed by atoms with van der Waals surface area (Å²) in [5, 5.41) is 4.26. The van der Waals surface area contributed by atoms with Gasteiger partial charge in [0.1, 0.15) is 0 Å². The molecule has 0 saturated carbocycles. The second-order valence-corrected chi connectivity index (χ2v) is 4.20. The van der Waals surface area contributed by atoms with Crippen LogP contribution in [0, 0.1) is 0 Å². The molecule has 2 aromatic heterocycles. The van der Waals surface area contributed by atoms with Gasteiger partial charge in [0.25, 0.3) is 0 Å². The van der Waals surface area contributed by atoms with Crippen molar-refractivity contribution in [1.82, 2.24) is 14.6 Å². The van der Waals surface area contributed by atoms with Crippen molar-refractivity contribution in [1.29, 1.82) is 0 Å². The molecule has 0 fully saturated rings. The van der Waals surface area contributed by atoms with E-state index in [-0.39, 0.29) is 5.41 Å². The Morgan fingerprint density at radius 2 is 2.08 bits per heavy atom. The fourth-order valence-electron chi connectivity index (χ4n) is 1.18. The van der Waals surface area contributed by atoms with Gasteiger partial charge in [-0.25, -0.2) is 9.50 Å². The van der Waals surface area contributed by atoms with Gasteiger partial charge in [0, 0.05) is 11.6 Å². The molecule has 2 aromatic rings.